The van der Waals surface area contributed by atoms with Crippen molar-refractivity contribution >= 4 is 11.6 Å². The summed E-state index contributed by atoms with van der Waals surface area (Å²) in [7, 11) is 1.61. The van der Waals surface area contributed by atoms with Crippen molar-refractivity contribution < 1.29 is 14.3 Å². The van der Waals surface area contributed by atoms with Gasteiger partial charge in [0.2, 0.25) is 5.91 Å². The van der Waals surface area contributed by atoms with E-state index in [1.54, 1.807) is 7.11 Å². The van der Waals surface area contributed by atoms with Crippen molar-refractivity contribution in [3.05, 3.63) is 54.6 Å². The van der Waals surface area contributed by atoms with Gasteiger partial charge in [-0.3, -0.25) is 4.79 Å². The molecule has 0 saturated carbocycles. The van der Waals surface area contributed by atoms with Crippen molar-refractivity contribution in [2.75, 3.05) is 25.6 Å². The molecule has 2 aromatic rings. The van der Waals surface area contributed by atoms with Crippen LogP contribution in [0.3, 0.4) is 0 Å². The van der Waals surface area contributed by atoms with Crippen LogP contribution in [-0.4, -0.2) is 32.2 Å². The summed E-state index contributed by atoms with van der Waals surface area (Å²) in [5.41, 5.74) is 0.769. The Morgan fingerprint density at radius 3 is 2.52 bits per heavy atom. The summed E-state index contributed by atoms with van der Waals surface area (Å²) >= 11 is 0. The number of carbonyl (C=O) groups excluding carboxylic acids is 1. The van der Waals surface area contributed by atoms with Crippen molar-refractivity contribution in [1.82, 2.24) is 5.32 Å². The summed E-state index contributed by atoms with van der Waals surface area (Å²) in [4.78, 5) is 11.9. The minimum absolute atomic E-state index is 0.0230. The van der Waals surface area contributed by atoms with Gasteiger partial charge in [-0.1, -0.05) is 30.3 Å². The molecule has 0 radical (unpaired) electrons. The lowest BCUT2D eigenvalue weighted by Gasteiger charge is -2.15. The molecule has 0 bridgehead atoms. The van der Waals surface area contributed by atoms with Crippen LogP contribution < -0.4 is 15.4 Å². The number of para-hydroxylation sites is 3. The van der Waals surface area contributed by atoms with E-state index in [1.165, 1.54) is 0 Å². The lowest BCUT2D eigenvalue weighted by atomic mass is 10.2. The van der Waals surface area contributed by atoms with Crippen molar-refractivity contribution in [2.24, 2.45) is 0 Å². The molecule has 1 amide bonds. The molecule has 23 heavy (non-hydrogen) atoms. The average Bonchev–Trinajstić information content (AvgIpc) is 2.55. The summed E-state index contributed by atoms with van der Waals surface area (Å²) in [5, 5.41) is 5.96. The van der Waals surface area contributed by atoms with Gasteiger partial charge in [0.15, 0.2) is 5.75 Å². The number of hydrogen-bond donors (Lipinski definition) is 2. The molecule has 1 atom stereocenters. The van der Waals surface area contributed by atoms with E-state index in [0.717, 1.165) is 11.4 Å². The zero-order valence-electron chi connectivity index (χ0n) is 13.4. The van der Waals surface area contributed by atoms with Gasteiger partial charge in [0, 0.05) is 13.2 Å². The summed E-state index contributed by atoms with van der Waals surface area (Å²) in [5.74, 6) is 1.33. The number of ether oxygens (including phenoxy) is 2. The molecule has 0 spiro atoms. The van der Waals surface area contributed by atoms with Crippen molar-refractivity contribution in [3.8, 4) is 11.5 Å². The molecule has 122 valence electrons. The lowest BCUT2D eigenvalue weighted by molar-refractivity contribution is -0.120. The molecule has 2 N–H and O–H groups in total. The van der Waals surface area contributed by atoms with E-state index in [0.29, 0.717) is 12.4 Å². The number of rotatable bonds is 8. The summed E-state index contributed by atoms with van der Waals surface area (Å²) in [6.07, 6.45) is 0. The number of hydrogen-bond acceptors (Lipinski definition) is 4. The van der Waals surface area contributed by atoms with Gasteiger partial charge in [-0.25, -0.2) is 0 Å². The highest BCUT2D eigenvalue weighted by Gasteiger charge is 2.09. The molecular formula is C18H22N2O3. The first kappa shape index (κ1) is 16.8. The Morgan fingerprint density at radius 1 is 1.09 bits per heavy atom. The fourth-order valence-electron chi connectivity index (χ4n) is 2.11. The zero-order chi connectivity index (χ0) is 16.5. The van der Waals surface area contributed by atoms with Crippen LogP contribution in [0.25, 0.3) is 0 Å². The third kappa shape index (κ3) is 5.64. The minimum atomic E-state index is -0.0935. The Kier molecular flexibility index (Phi) is 6.44. The van der Waals surface area contributed by atoms with E-state index in [2.05, 4.69) is 10.6 Å². The summed E-state index contributed by atoms with van der Waals surface area (Å²) in [6, 6.07) is 17.0. The van der Waals surface area contributed by atoms with Gasteiger partial charge < -0.3 is 20.1 Å². The SMILES string of the molecule is COC[C@@H](C)NC(=O)CNc1ccccc1Oc1ccccc1. The highest BCUT2D eigenvalue weighted by molar-refractivity contribution is 5.81. The number of amides is 1. The van der Waals surface area contributed by atoms with Crippen LogP contribution in [0.5, 0.6) is 11.5 Å². The molecule has 0 unspecified atom stereocenters. The normalized spacial score (nSPS) is 11.6. The van der Waals surface area contributed by atoms with E-state index in [9.17, 15) is 4.79 Å². The number of benzene rings is 2. The standard InChI is InChI=1S/C18H22N2O3/c1-14(13-22-2)20-18(21)12-19-16-10-6-7-11-17(16)23-15-8-4-3-5-9-15/h3-11,14,19H,12-13H2,1-2H3,(H,20,21)/t14-/m1/s1. The molecule has 2 aromatic carbocycles. The van der Waals surface area contributed by atoms with Crippen LogP contribution in [0, 0.1) is 0 Å². The summed E-state index contributed by atoms with van der Waals surface area (Å²) < 4.78 is 10.8. The molecule has 0 fully saturated rings. The molecule has 5 heteroatoms. The smallest absolute Gasteiger partial charge is 0.239 e. The average molecular weight is 314 g/mol. The van der Waals surface area contributed by atoms with Crippen LogP contribution in [0.2, 0.25) is 0 Å². The van der Waals surface area contributed by atoms with Crippen molar-refractivity contribution in [3.63, 3.8) is 0 Å². The first-order chi connectivity index (χ1) is 11.2. The van der Waals surface area contributed by atoms with Gasteiger partial charge in [-0.15, -0.1) is 0 Å². The van der Waals surface area contributed by atoms with Gasteiger partial charge >= 0.3 is 0 Å². The molecule has 0 saturated heterocycles. The molecule has 0 aliphatic rings. The fourth-order valence-corrected chi connectivity index (χ4v) is 2.11. The third-order valence-corrected chi connectivity index (χ3v) is 3.12. The van der Waals surface area contributed by atoms with Gasteiger partial charge in [0.25, 0.3) is 0 Å². The highest BCUT2D eigenvalue weighted by Crippen LogP contribution is 2.28. The molecule has 0 aliphatic heterocycles. The quantitative estimate of drug-likeness (QED) is 0.786. The molecule has 2 rings (SSSR count). The van der Waals surface area contributed by atoms with Gasteiger partial charge in [-0.2, -0.15) is 0 Å². The van der Waals surface area contributed by atoms with E-state index in [1.807, 2.05) is 61.5 Å². The van der Waals surface area contributed by atoms with Crippen LogP contribution >= 0.6 is 0 Å². The molecule has 0 heterocycles. The Morgan fingerprint density at radius 2 is 1.78 bits per heavy atom. The largest absolute Gasteiger partial charge is 0.455 e. The topological polar surface area (TPSA) is 59.6 Å². The second kappa shape index (κ2) is 8.80. The number of nitrogens with one attached hydrogen (secondary N) is 2. The summed E-state index contributed by atoms with van der Waals surface area (Å²) in [6.45, 7) is 2.55. The predicted molar refractivity (Wildman–Crippen MR) is 90.9 cm³/mol. The Hall–Kier alpha value is -2.53. The number of carbonyl (C=O) groups is 1. The van der Waals surface area contributed by atoms with E-state index in [-0.39, 0.29) is 18.5 Å². The lowest BCUT2D eigenvalue weighted by Crippen LogP contribution is -2.39. The minimum Gasteiger partial charge on any atom is -0.455 e. The van der Waals surface area contributed by atoms with Crippen molar-refractivity contribution in [1.29, 1.82) is 0 Å². The van der Waals surface area contributed by atoms with Gasteiger partial charge in [-0.05, 0) is 31.2 Å². The van der Waals surface area contributed by atoms with Crippen LogP contribution in [-0.2, 0) is 9.53 Å². The first-order valence-corrected chi connectivity index (χ1v) is 7.53. The second-order valence-electron chi connectivity index (χ2n) is 5.19. The van der Waals surface area contributed by atoms with Crippen molar-refractivity contribution in [2.45, 2.75) is 13.0 Å². The molecule has 5 nitrogen and oxygen atoms in total. The monoisotopic (exact) mass is 314 g/mol. The first-order valence-electron chi connectivity index (χ1n) is 7.53. The van der Waals surface area contributed by atoms with E-state index >= 15 is 0 Å². The van der Waals surface area contributed by atoms with Crippen LogP contribution in [0.15, 0.2) is 54.6 Å². The zero-order valence-corrected chi connectivity index (χ0v) is 13.4. The second-order valence-corrected chi connectivity index (χ2v) is 5.19. The molecular weight excluding hydrogens is 292 g/mol. The van der Waals surface area contributed by atoms with Crippen LogP contribution in [0.1, 0.15) is 6.92 Å². The Balaban J connectivity index is 1.94. The van der Waals surface area contributed by atoms with E-state index < -0.39 is 0 Å². The van der Waals surface area contributed by atoms with Gasteiger partial charge in [0.1, 0.15) is 5.75 Å². The molecule has 0 aliphatic carbocycles. The predicted octanol–water partition coefficient (Wildman–Crippen LogP) is 3.04. The van der Waals surface area contributed by atoms with Crippen LogP contribution in [0.4, 0.5) is 5.69 Å². The Labute approximate surface area is 136 Å². The molecule has 0 aromatic heterocycles. The maximum absolute atomic E-state index is 11.9. The maximum atomic E-state index is 11.9. The number of anilines is 1. The highest BCUT2D eigenvalue weighted by atomic mass is 16.5. The Bertz CT molecular complexity index is 617. The third-order valence-electron chi connectivity index (χ3n) is 3.12. The number of methoxy groups -OCH3 is 1. The fraction of sp³-hybridized carbons (Fsp3) is 0.278. The maximum Gasteiger partial charge on any atom is 0.239 e. The van der Waals surface area contributed by atoms with E-state index in [4.69, 9.17) is 9.47 Å². The van der Waals surface area contributed by atoms with Gasteiger partial charge in [0.05, 0.1) is 18.8 Å².